The molecule has 1 amide bonds. The van der Waals surface area contributed by atoms with Gasteiger partial charge < -0.3 is 4.74 Å². The summed E-state index contributed by atoms with van der Waals surface area (Å²) in [7, 11) is -3.16. The molecule has 2 atom stereocenters. The van der Waals surface area contributed by atoms with E-state index in [1.807, 2.05) is 5.38 Å². The van der Waals surface area contributed by atoms with Crippen molar-refractivity contribution in [1.29, 1.82) is 0 Å². The summed E-state index contributed by atoms with van der Waals surface area (Å²) < 4.78 is 29.4. The Balaban J connectivity index is 1.62. The largest absolute Gasteiger partial charge is 0.376 e. The lowest BCUT2D eigenvalue weighted by molar-refractivity contribution is -0.122. The van der Waals surface area contributed by atoms with Crippen molar-refractivity contribution in [2.75, 3.05) is 29.6 Å². The Hall–Kier alpha value is -1.19. The van der Waals surface area contributed by atoms with Crippen molar-refractivity contribution >= 4 is 55.4 Å². The number of aromatic nitrogens is 1. The minimum atomic E-state index is -3.16. The number of halogens is 2. The lowest BCUT2D eigenvalue weighted by Gasteiger charge is -2.25. The highest BCUT2D eigenvalue weighted by molar-refractivity contribution is 7.91. The number of thiazole rings is 1. The van der Waals surface area contributed by atoms with Gasteiger partial charge in [0.1, 0.15) is 0 Å². The van der Waals surface area contributed by atoms with Crippen molar-refractivity contribution in [2.45, 2.75) is 25.4 Å². The maximum atomic E-state index is 13.2. The molecule has 0 N–H and O–H groups in total. The Bertz CT molecular complexity index is 1020. The van der Waals surface area contributed by atoms with E-state index in [-0.39, 0.29) is 23.5 Å². The molecule has 0 saturated carbocycles. The highest BCUT2D eigenvalue weighted by atomic mass is 35.5. The number of ether oxygens (including phenoxy) is 1. The van der Waals surface area contributed by atoms with Crippen molar-refractivity contribution in [1.82, 2.24) is 4.98 Å². The van der Waals surface area contributed by atoms with Gasteiger partial charge in [-0.1, -0.05) is 23.2 Å². The molecule has 6 nitrogen and oxygen atoms in total. The molecule has 3 heterocycles. The number of sulfone groups is 1. The Morgan fingerprint density at radius 1 is 1.31 bits per heavy atom. The summed E-state index contributed by atoms with van der Waals surface area (Å²) in [5.74, 6) is -0.784. The van der Waals surface area contributed by atoms with Crippen molar-refractivity contribution in [3.8, 4) is 11.3 Å². The minimum Gasteiger partial charge on any atom is -0.376 e. The first-order valence-electron chi connectivity index (χ1n) is 9.37. The third-order valence-corrected chi connectivity index (χ3v) is 8.37. The third kappa shape index (κ3) is 4.77. The maximum Gasteiger partial charge on any atom is 0.233 e. The topological polar surface area (TPSA) is 76.6 Å². The molecule has 10 heteroatoms. The Morgan fingerprint density at radius 2 is 2.14 bits per heavy atom. The number of amides is 1. The van der Waals surface area contributed by atoms with Crippen LogP contribution in [0.3, 0.4) is 0 Å². The van der Waals surface area contributed by atoms with Gasteiger partial charge in [-0.25, -0.2) is 13.4 Å². The van der Waals surface area contributed by atoms with Gasteiger partial charge in [-0.15, -0.1) is 11.3 Å². The van der Waals surface area contributed by atoms with Crippen molar-refractivity contribution in [3.63, 3.8) is 0 Å². The smallest absolute Gasteiger partial charge is 0.233 e. The second-order valence-electron chi connectivity index (χ2n) is 7.32. The number of carbonyl (C=O) groups is 1. The van der Waals surface area contributed by atoms with Gasteiger partial charge in [0.2, 0.25) is 5.91 Å². The molecule has 0 unspecified atom stereocenters. The average molecular weight is 475 g/mol. The Labute approximate surface area is 183 Å². The molecule has 1 aromatic heterocycles. The van der Waals surface area contributed by atoms with E-state index in [0.29, 0.717) is 40.4 Å². The van der Waals surface area contributed by atoms with Crippen LogP contribution in [0, 0.1) is 5.92 Å². The lowest BCUT2D eigenvalue weighted by Crippen LogP contribution is -2.41. The second kappa shape index (κ2) is 8.51. The van der Waals surface area contributed by atoms with Gasteiger partial charge in [-0.3, -0.25) is 9.69 Å². The summed E-state index contributed by atoms with van der Waals surface area (Å²) in [6.45, 7) is 1.05. The number of hydrogen-bond donors (Lipinski definition) is 0. The quantitative estimate of drug-likeness (QED) is 0.652. The van der Waals surface area contributed by atoms with Crippen molar-refractivity contribution < 1.29 is 17.9 Å². The molecular weight excluding hydrogens is 455 g/mol. The molecule has 2 aliphatic heterocycles. The first-order chi connectivity index (χ1) is 13.8. The summed E-state index contributed by atoms with van der Waals surface area (Å²) in [6.07, 6.45) is 2.11. The minimum absolute atomic E-state index is 0.0562. The summed E-state index contributed by atoms with van der Waals surface area (Å²) >= 11 is 13.6. The van der Waals surface area contributed by atoms with Gasteiger partial charge in [-0.05, 0) is 37.5 Å². The van der Waals surface area contributed by atoms with Crippen LogP contribution >= 0.6 is 34.5 Å². The van der Waals surface area contributed by atoms with Gasteiger partial charge in [0.25, 0.3) is 0 Å². The molecule has 0 aliphatic carbocycles. The predicted octanol–water partition coefficient (Wildman–Crippen LogP) is 4.06. The van der Waals surface area contributed by atoms with E-state index in [9.17, 15) is 13.2 Å². The van der Waals surface area contributed by atoms with E-state index >= 15 is 0 Å². The molecule has 1 aromatic carbocycles. The molecule has 4 rings (SSSR count). The van der Waals surface area contributed by atoms with Crippen LogP contribution in [0.1, 0.15) is 19.3 Å². The number of hydrogen-bond acceptors (Lipinski definition) is 6. The zero-order valence-corrected chi connectivity index (χ0v) is 18.7. The van der Waals surface area contributed by atoms with Crippen LogP contribution in [-0.2, 0) is 19.4 Å². The van der Waals surface area contributed by atoms with E-state index in [1.165, 1.54) is 11.3 Å². The Morgan fingerprint density at radius 3 is 2.79 bits per heavy atom. The fraction of sp³-hybridized carbons (Fsp3) is 0.474. The molecule has 2 fully saturated rings. The van der Waals surface area contributed by atoms with E-state index < -0.39 is 15.8 Å². The Kier molecular flexibility index (Phi) is 6.18. The molecule has 0 spiro atoms. The van der Waals surface area contributed by atoms with Crippen LogP contribution in [0.25, 0.3) is 11.3 Å². The standard InChI is InChI=1S/C19H20Cl2N2O4S2/c20-13-3-4-15(16(21)8-13)17-10-28-19(22-17)23(9-14-2-1-6-27-14)18(24)12-5-7-29(25,26)11-12/h3-4,8,10,12,14H,1-2,5-7,9,11H2/t12-,14-/m0/s1. The predicted molar refractivity (Wildman–Crippen MR) is 116 cm³/mol. The lowest BCUT2D eigenvalue weighted by atomic mass is 10.1. The summed E-state index contributed by atoms with van der Waals surface area (Å²) in [5.41, 5.74) is 1.38. The van der Waals surface area contributed by atoms with E-state index in [4.69, 9.17) is 27.9 Å². The van der Waals surface area contributed by atoms with Gasteiger partial charge in [-0.2, -0.15) is 0 Å². The summed E-state index contributed by atoms with van der Waals surface area (Å²) in [4.78, 5) is 19.4. The number of nitrogens with zero attached hydrogens (tertiary/aromatic N) is 2. The normalized spacial score (nSPS) is 23.4. The molecular formula is C19H20Cl2N2O4S2. The molecule has 156 valence electrons. The van der Waals surface area contributed by atoms with E-state index in [2.05, 4.69) is 4.98 Å². The number of anilines is 1. The fourth-order valence-electron chi connectivity index (χ4n) is 3.67. The zero-order valence-electron chi connectivity index (χ0n) is 15.5. The SMILES string of the molecule is O=C([C@H]1CCS(=O)(=O)C1)N(C[C@@H]1CCCO1)c1nc(-c2ccc(Cl)cc2Cl)cs1. The molecule has 2 aromatic rings. The highest BCUT2D eigenvalue weighted by Gasteiger charge is 2.37. The van der Waals surface area contributed by atoms with Crippen molar-refractivity contribution in [3.05, 3.63) is 33.6 Å². The number of carbonyl (C=O) groups excluding carboxylic acids is 1. The molecule has 2 aliphatic rings. The first kappa shape index (κ1) is 21.1. The van der Waals surface area contributed by atoms with Crippen molar-refractivity contribution in [2.24, 2.45) is 5.92 Å². The average Bonchev–Trinajstić information content (AvgIpc) is 3.40. The third-order valence-electron chi connectivity index (χ3n) is 5.19. The van der Waals surface area contributed by atoms with Crippen LogP contribution in [0.5, 0.6) is 0 Å². The van der Waals surface area contributed by atoms with Crippen LogP contribution in [0.15, 0.2) is 23.6 Å². The van der Waals surface area contributed by atoms with Gasteiger partial charge in [0.05, 0.1) is 40.8 Å². The van der Waals surface area contributed by atoms with Crippen LogP contribution in [-0.4, -0.2) is 50.1 Å². The fourth-order valence-corrected chi connectivity index (χ4v) is 6.75. The highest BCUT2D eigenvalue weighted by Crippen LogP contribution is 2.35. The van der Waals surface area contributed by atoms with Crippen LogP contribution < -0.4 is 4.90 Å². The first-order valence-corrected chi connectivity index (χ1v) is 12.8. The number of rotatable bonds is 5. The summed E-state index contributed by atoms with van der Waals surface area (Å²) in [6, 6.07) is 5.18. The monoisotopic (exact) mass is 474 g/mol. The molecule has 29 heavy (non-hydrogen) atoms. The van der Waals surface area contributed by atoms with Gasteiger partial charge >= 0.3 is 0 Å². The zero-order chi connectivity index (χ0) is 20.6. The van der Waals surface area contributed by atoms with Crippen LogP contribution in [0.4, 0.5) is 5.13 Å². The molecule has 0 bridgehead atoms. The molecule has 2 saturated heterocycles. The molecule has 0 radical (unpaired) electrons. The van der Waals surface area contributed by atoms with Gasteiger partial charge in [0.15, 0.2) is 15.0 Å². The summed E-state index contributed by atoms with van der Waals surface area (Å²) in [5, 5.41) is 3.38. The van der Waals surface area contributed by atoms with Gasteiger partial charge in [0, 0.05) is 22.6 Å². The van der Waals surface area contributed by atoms with E-state index in [1.54, 1.807) is 23.1 Å². The maximum absolute atomic E-state index is 13.2. The second-order valence-corrected chi connectivity index (χ2v) is 11.2. The number of benzene rings is 1. The van der Waals surface area contributed by atoms with Crippen LogP contribution in [0.2, 0.25) is 10.0 Å². The van der Waals surface area contributed by atoms with E-state index in [0.717, 1.165) is 18.4 Å².